The van der Waals surface area contributed by atoms with Crippen LogP contribution in [0, 0.1) is 22.7 Å². The van der Waals surface area contributed by atoms with Crippen LogP contribution in [0.2, 0.25) is 0 Å². The van der Waals surface area contributed by atoms with E-state index in [-0.39, 0.29) is 34.8 Å². The summed E-state index contributed by atoms with van der Waals surface area (Å²) in [6.45, 7) is 8.32. The maximum Gasteiger partial charge on any atom is 0.334 e. The van der Waals surface area contributed by atoms with Crippen LogP contribution in [-0.2, 0) is 23.9 Å². The number of cyclic esters (lactones) is 1. The zero-order valence-electron chi connectivity index (χ0n) is 16.7. The molecule has 3 rings (SSSR count). The summed E-state index contributed by atoms with van der Waals surface area (Å²) in [5.41, 5.74) is 1.10. The minimum absolute atomic E-state index is 0.142. The van der Waals surface area contributed by atoms with Gasteiger partial charge < -0.3 is 9.47 Å². The average molecular weight is 374 g/mol. The minimum Gasteiger partial charge on any atom is -0.462 e. The summed E-state index contributed by atoms with van der Waals surface area (Å²) in [6.07, 6.45) is 8.66. The van der Waals surface area contributed by atoms with Crippen LogP contribution >= 0.6 is 0 Å². The van der Waals surface area contributed by atoms with Crippen molar-refractivity contribution in [2.75, 3.05) is 6.61 Å². The van der Waals surface area contributed by atoms with Gasteiger partial charge in [-0.25, -0.2) is 4.79 Å². The first kappa shape index (κ1) is 19.8. The number of hydrogen-bond acceptors (Lipinski definition) is 5. The highest BCUT2D eigenvalue weighted by Gasteiger charge is 2.58. The normalized spacial score (nSPS) is 38.4. The number of carbonyl (C=O) groups excluding carboxylic acids is 3. The van der Waals surface area contributed by atoms with E-state index in [9.17, 15) is 14.4 Å². The van der Waals surface area contributed by atoms with Crippen LogP contribution in [0.4, 0.5) is 0 Å². The Hall–Kier alpha value is -1.91. The lowest BCUT2D eigenvalue weighted by Gasteiger charge is -2.59. The fraction of sp³-hybridized carbons (Fsp3) is 0.682. The zero-order valence-corrected chi connectivity index (χ0v) is 16.7. The molecule has 0 bridgehead atoms. The summed E-state index contributed by atoms with van der Waals surface area (Å²) in [4.78, 5) is 35.4. The molecule has 0 aromatic carbocycles. The number of rotatable bonds is 5. The van der Waals surface area contributed by atoms with Crippen LogP contribution in [0.15, 0.2) is 23.3 Å². The van der Waals surface area contributed by atoms with Gasteiger partial charge in [-0.3, -0.25) is 9.59 Å². The van der Waals surface area contributed by atoms with Gasteiger partial charge in [0.15, 0.2) is 0 Å². The molecule has 3 aliphatic rings. The molecule has 0 spiro atoms. The highest BCUT2D eigenvalue weighted by molar-refractivity contribution is 5.90. The smallest absolute Gasteiger partial charge is 0.334 e. The zero-order chi connectivity index (χ0) is 19.8. The second kappa shape index (κ2) is 7.25. The summed E-state index contributed by atoms with van der Waals surface area (Å²) in [5, 5.41) is 0. The summed E-state index contributed by atoms with van der Waals surface area (Å²) < 4.78 is 10.8. The molecule has 1 saturated carbocycles. The average Bonchev–Trinajstić information content (AvgIpc) is 3.02. The molecule has 1 heterocycles. The Bertz CT molecular complexity index is 705. The Kier molecular flexibility index (Phi) is 5.33. The maximum atomic E-state index is 11.9. The monoisotopic (exact) mass is 374 g/mol. The number of ether oxygens (including phenoxy) is 2. The van der Waals surface area contributed by atoms with Crippen LogP contribution in [-0.4, -0.2) is 30.9 Å². The fourth-order valence-corrected chi connectivity index (χ4v) is 5.76. The van der Waals surface area contributed by atoms with Crippen molar-refractivity contribution < 1.29 is 23.9 Å². The molecule has 2 aliphatic carbocycles. The van der Waals surface area contributed by atoms with E-state index in [1.807, 2.05) is 12.2 Å². The number of esters is 2. The number of fused-ring (bicyclic) bond motifs is 1. The number of hydrogen-bond donors (Lipinski definition) is 0. The first-order valence-electron chi connectivity index (χ1n) is 9.91. The largest absolute Gasteiger partial charge is 0.462 e. The number of carbonyl (C=O) groups is 3. The van der Waals surface area contributed by atoms with Crippen molar-refractivity contribution in [3.63, 3.8) is 0 Å². The highest BCUT2D eigenvalue weighted by atomic mass is 16.5. The third-order valence-electron chi connectivity index (χ3n) is 7.45. The van der Waals surface area contributed by atoms with Gasteiger partial charge in [-0.05, 0) is 61.0 Å². The van der Waals surface area contributed by atoms with E-state index < -0.39 is 0 Å². The predicted octanol–water partition coefficient (Wildman–Crippen LogP) is 3.77. The molecule has 0 N–H and O–H groups in total. The second-order valence-corrected chi connectivity index (χ2v) is 8.80. The summed E-state index contributed by atoms with van der Waals surface area (Å²) in [7, 11) is 0. The molecule has 27 heavy (non-hydrogen) atoms. The molecule has 1 fully saturated rings. The Labute approximate surface area is 161 Å². The summed E-state index contributed by atoms with van der Waals surface area (Å²) in [5.74, 6) is -0.0669. The Balaban J connectivity index is 1.95. The topological polar surface area (TPSA) is 69.7 Å². The lowest BCUT2D eigenvalue weighted by Crippen LogP contribution is -2.56. The fourth-order valence-electron chi connectivity index (χ4n) is 5.76. The molecular formula is C22H30O5. The Morgan fingerprint density at radius 2 is 2.11 bits per heavy atom. The van der Waals surface area contributed by atoms with Crippen molar-refractivity contribution in [1.29, 1.82) is 0 Å². The van der Waals surface area contributed by atoms with Gasteiger partial charge in [-0.2, -0.15) is 0 Å². The van der Waals surface area contributed by atoms with E-state index in [2.05, 4.69) is 20.8 Å². The molecule has 0 radical (unpaired) electrons. The predicted molar refractivity (Wildman–Crippen MR) is 101 cm³/mol. The Morgan fingerprint density at radius 1 is 1.37 bits per heavy atom. The van der Waals surface area contributed by atoms with E-state index in [0.29, 0.717) is 25.4 Å². The highest BCUT2D eigenvalue weighted by Crippen LogP contribution is 2.62. The molecule has 0 aromatic heterocycles. The third-order valence-corrected chi connectivity index (χ3v) is 7.45. The van der Waals surface area contributed by atoms with Gasteiger partial charge in [-0.1, -0.05) is 26.8 Å². The van der Waals surface area contributed by atoms with Crippen LogP contribution in [0.1, 0.15) is 59.8 Å². The van der Waals surface area contributed by atoms with Gasteiger partial charge in [0, 0.05) is 17.9 Å². The quantitative estimate of drug-likeness (QED) is 0.541. The van der Waals surface area contributed by atoms with Gasteiger partial charge in [0.2, 0.25) is 0 Å². The molecular weight excluding hydrogens is 344 g/mol. The van der Waals surface area contributed by atoms with Crippen molar-refractivity contribution in [3.05, 3.63) is 23.3 Å². The van der Waals surface area contributed by atoms with E-state index in [1.54, 1.807) is 0 Å². The van der Waals surface area contributed by atoms with Crippen molar-refractivity contribution in [1.82, 2.24) is 0 Å². The maximum absolute atomic E-state index is 11.9. The number of aldehydes is 1. The van der Waals surface area contributed by atoms with Gasteiger partial charge in [-0.15, -0.1) is 0 Å². The van der Waals surface area contributed by atoms with Gasteiger partial charge in [0.25, 0.3) is 0 Å². The summed E-state index contributed by atoms with van der Waals surface area (Å²) >= 11 is 0. The second-order valence-electron chi connectivity index (χ2n) is 8.80. The van der Waals surface area contributed by atoms with Gasteiger partial charge in [0.1, 0.15) is 19.0 Å². The first-order valence-corrected chi connectivity index (χ1v) is 9.91. The van der Waals surface area contributed by atoms with Crippen LogP contribution in [0.3, 0.4) is 0 Å². The van der Waals surface area contributed by atoms with Crippen molar-refractivity contribution in [2.45, 2.75) is 65.9 Å². The standard InChI is InChI=1S/C22H30O5/c1-14-18(27-15(2)24)12-22(4)17(13-23)6-5-7-19(22)21(14,3)10-8-16-9-11-26-20(16)25/h6,9,13-14,18-19H,5,7-8,10-12H2,1-4H3. The molecule has 5 unspecified atom stereocenters. The van der Waals surface area contributed by atoms with Crippen molar-refractivity contribution >= 4 is 18.2 Å². The van der Waals surface area contributed by atoms with Gasteiger partial charge in [0.05, 0.1) is 0 Å². The molecule has 0 amide bonds. The van der Waals surface area contributed by atoms with Gasteiger partial charge >= 0.3 is 11.9 Å². The minimum atomic E-state index is -0.314. The molecule has 148 valence electrons. The molecule has 5 atom stereocenters. The Morgan fingerprint density at radius 3 is 2.70 bits per heavy atom. The lowest BCUT2D eigenvalue weighted by molar-refractivity contribution is -0.169. The van der Waals surface area contributed by atoms with Crippen molar-refractivity contribution in [2.24, 2.45) is 22.7 Å². The summed E-state index contributed by atoms with van der Waals surface area (Å²) in [6, 6.07) is 0. The molecule has 0 saturated heterocycles. The van der Waals surface area contributed by atoms with Crippen LogP contribution < -0.4 is 0 Å². The van der Waals surface area contributed by atoms with Crippen LogP contribution in [0.5, 0.6) is 0 Å². The van der Waals surface area contributed by atoms with E-state index in [4.69, 9.17) is 9.47 Å². The van der Waals surface area contributed by atoms with E-state index >= 15 is 0 Å². The van der Waals surface area contributed by atoms with Crippen molar-refractivity contribution in [3.8, 4) is 0 Å². The molecule has 5 nitrogen and oxygen atoms in total. The SMILES string of the molecule is CC(=O)OC1CC2(C)C(C=O)=CCCC2C(C)(CCC2=CCOC2=O)C1C. The van der Waals surface area contributed by atoms with E-state index in [0.717, 1.165) is 36.7 Å². The lowest BCUT2D eigenvalue weighted by atomic mass is 9.46. The first-order chi connectivity index (χ1) is 12.7. The molecule has 1 aliphatic heterocycles. The van der Waals surface area contributed by atoms with Crippen LogP contribution in [0.25, 0.3) is 0 Å². The third kappa shape index (κ3) is 3.37. The molecule has 5 heteroatoms. The van der Waals surface area contributed by atoms with E-state index in [1.165, 1.54) is 6.92 Å². The molecule has 0 aromatic rings. The number of allylic oxidation sites excluding steroid dienone is 2.